The molecule has 0 aliphatic heterocycles. The van der Waals surface area contributed by atoms with Crippen LogP contribution in [0.3, 0.4) is 0 Å². The first-order chi connectivity index (χ1) is 9.77. The molecular weight excluding hydrogens is 332 g/mol. The zero-order valence-electron chi connectivity index (χ0n) is 12.7. The molecule has 0 aromatic heterocycles. The Balaban J connectivity index is 2.16. The van der Waals surface area contributed by atoms with Crippen molar-refractivity contribution in [3.8, 4) is 0 Å². The highest BCUT2D eigenvalue weighted by atomic mass is 79.9. The minimum absolute atomic E-state index is 0.605. The van der Waals surface area contributed by atoms with E-state index in [9.17, 15) is 0 Å². The van der Waals surface area contributed by atoms with Crippen molar-refractivity contribution in [1.29, 1.82) is 0 Å². The van der Waals surface area contributed by atoms with Crippen LogP contribution in [-0.4, -0.2) is 5.33 Å². The Morgan fingerprint density at radius 2 is 1.65 bits per heavy atom. The zero-order valence-corrected chi connectivity index (χ0v) is 15.1. The van der Waals surface area contributed by atoms with E-state index in [1.54, 1.807) is 0 Å². The number of unbranched alkanes of at least 4 members (excludes halogenated alkanes) is 7. The van der Waals surface area contributed by atoms with Crippen LogP contribution in [0.2, 0.25) is 5.02 Å². The lowest BCUT2D eigenvalue weighted by molar-refractivity contribution is 0.546. The van der Waals surface area contributed by atoms with Crippen LogP contribution in [-0.2, 0) is 0 Å². The van der Waals surface area contributed by atoms with Crippen molar-refractivity contribution in [2.45, 2.75) is 70.6 Å². The molecule has 0 fully saturated rings. The summed E-state index contributed by atoms with van der Waals surface area (Å²) in [5.74, 6) is 0.605. The highest BCUT2D eigenvalue weighted by Crippen LogP contribution is 2.26. The maximum atomic E-state index is 6.07. The molecule has 0 radical (unpaired) electrons. The van der Waals surface area contributed by atoms with Crippen LogP contribution in [0.5, 0.6) is 0 Å². The monoisotopic (exact) mass is 358 g/mol. The van der Waals surface area contributed by atoms with Crippen LogP contribution in [0.25, 0.3) is 0 Å². The minimum Gasteiger partial charge on any atom is -0.0921 e. The molecule has 0 spiro atoms. The highest BCUT2D eigenvalue weighted by Gasteiger charge is 2.10. The van der Waals surface area contributed by atoms with Gasteiger partial charge in [-0.25, -0.2) is 0 Å². The van der Waals surface area contributed by atoms with E-state index in [1.165, 1.54) is 63.4 Å². The van der Waals surface area contributed by atoms with E-state index in [2.05, 4.69) is 41.1 Å². The third kappa shape index (κ3) is 7.69. The van der Waals surface area contributed by atoms with Gasteiger partial charge >= 0.3 is 0 Å². The van der Waals surface area contributed by atoms with Crippen molar-refractivity contribution in [2.75, 3.05) is 5.33 Å². The summed E-state index contributed by atoms with van der Waals surface area (Å²) in [4.78, 5) is 0. The van der Waals surface area contributed by atoms with Crippen molar-refractivity contribution in [2.24, 2.45) is 0 Å². The highest BCUT2D eigenvalue weighted by molar-refractivity contribution is 9.09. The molecule has 0 bridgehead atoms. The Labute approximate surface area is 138 Å². The van der Waals surface area contributed by atoms with E-state index in [0.29, 0.717) is 5.92 Å². The smallest absolute Gasteiger partial charge is 0.0408 e. The number of hydrogen-bond acceptors (Lipinski definition) is 0. The Morgan fingerprint density at radius 1 is 1.00 bits per heavy atom. The first kappa shape index (κ1) is 18.0. The van der Waals surface area contributed by atoms with E-state index in [-0.39, 0.29) is 0 Å². The summed E-state index contributed by atoms with van der Waals surface area (Å²) in [5.41, 5.74) is 1.37. The van der Waals surface area contributed by atoms with Gasteiger partial charge in [-0.2, -0.15) is 0 Å². The second-order valence-corrected chi connectivity index (χ2v) is 6.75. The molecule has 0 aliphatic rings. The average molecular weight is 360 g/mol. The van der Waals surface area contributed by atoms with E-state index in [0.717, 1.165) is 10.4 Å². The van der Waals surface area contributed by atoms with Crippen LogP contribution >= 0.6 is 27.5 Å². The molecule has 1 unspecified atom stereocenters. The van der Waals surface area contributed by atoms with Gasteiger partial charge in [0.25, 0.3) is 0 Å². The van der Waals surface area contributed by atoms with E-state index in [1.807, 2.05) is 6.07 Å². The second-order valence-electron chi connectivity index (χ2n) is 5.67. The molecule has 2 heteroatoms. The molecule has 0 heterocycles. The summed E-state index contributed by atoms with van der Waals surface area (Å²) < 4.78 is 0. The van der Waals surface area contributed by atoms with Gasteiger partial charge in [0.15, 0.2) is 0 Å². The van der Waals surface area contributed by atoms with Crippen molar-refractivity contribution < 1.29 is 0 Å². The summed E-state index contributed by atoms with van der Waals surface area (Å²) in [5, 5.41) is 1.88. The maximum absolute atomic E-state index is 6.07. The lowest BCUT2D eigenvalue weighted by Crippen LogP contribution is -2.00. The quantitative estimate of drug-likeness (QED) is 0.286. The third-order valence-corrected chi connectivity index (χ3v) is 4.93. The SMILES string of the molecule is CCCCCCCCCCC(CBr)c1cccc(Cl)c1. The first-order valence-corrected chi connectivity index (χ1v) is 9.59. The van der Waals surface area contributed by atoms with Gasteiger partial charge in [0.1, 0.15) is 0 Å². The van der Waals surface area contributed by atoms with Gasteiger partial charge < -0.3 is 0 Å². The summed E-state index contributed by atoms with van der Waals surface area (Å²) >= 11 is 9.72. The van der Waals surface area contributed by atoms with Gasteiger partial charge in [-0.3, -0.25) is 0 Å². The van der Waals surface area contributed by atoms with Gasteiger partial charge in [-0.15, -0.1) is 0 Å². The van der Waals surface area contributed by atoms with Crippen LogP contribution in [0.1, 0.15) is 76.2 Å². The predicted octanol–water partition coefficient (Wildman–Crippen LogP) is 7.35. The molecular formula is C18H28BrCl. The molecule has 0 amide bonds. The molecule has 0 saturated heterocycles. The predicted molar refractivity (Wildman–Crippen MR) is 95.2 cm³/mol. The fraction of sp³-hybridized carbons (Fsp3) is 0.667. The fourth-order valence-electron chi connectivity index (χ4n) is 2.62. The molecule has 20 heavy (non-hydrogen) atoms. The standard InChI is InChI=1S/C18H28BrCl/c1-2-3-4-5-6-7-8-9-11-17(15-19)16-12-10-13-18(20)14-16/h10,12-14,17H,2-9,11,15H2,1H3. The second kappa shape index (κ2) is 11.6. The number of rotatable bonds is 11. The molecule has 114 valence electrons. The Morgan fingerprint density at radius 3 is 2.25 bits per heavy atom. The summed E-state index contributed by atoms with van der Waals surface area (Å²) in [6, 6.07) is 8.31. The first-order valence-electron chi connectivity index (χ1n) is 8.09. The number of benzene rings is 1. The summed E-state index contributed by atoms with van der Waals surface area (Å²) in [7, 11) is 0. The molecule has 0 aliphatic carbocycles. The van der Waals surface area contributed by atoms with Gasteiger partial charge in [0.05, 0.1) is 0 Å². The number of hydrogen-bond donors (Lipinski definition) is 0. The Bertz CT molecular complexity index is 351. The number of halogens is 2. The topological polar surface area (TPSA) is 0 Å². The van der Waals surface area contributed by atoms with Crippen molar-refractivity contribution in [1.82, 2.24) is 0 Å². The summed E-state index contributed by atoms with van der Waals surface area (Å²) in [6.07, 6.45) is 12.4. The van der Waals surface area contributed by atoms with Crippen LogP contribution in [0, 0.1) is 0 Å². The summed E-state index contributed by atoms with van der Waals surface area (Å²) in [6.45, 7) is 2.27. The lowest BCUT2D eigenvalue weighted by atomic mass is 9.94. The van der Waals surface area contributed by atoms with E-state index < -0.39 is 0 Å². The molecule has 1 aromatic rings. The largest absolute Gasteiger partial charge is 0.0921 e. The van der Waals surface area contributed by atoms with Gasteiger partial charge in [0, 0.05) is 10.4 Å². The van der Waals surface area contributed by atoms with Crippen LogP contribution in [0.4, 0.5) is 0 Å². The molecule has 1 rings (SSSR count). The third-order valence-electron chi connectivity index (χ3n) is 3.91. The molecule has 0 nitrogen and oxygen atoms in total. The van der Waals surface area contributed by atoms with Crippen molar-refractivity contribution in [3.05, 3.63) is 34.9 Å². The Kier molecular flexibility index (Phi) is 10.5. The minimum atomic E-state index is 0.605. The van der Waals surface area contributed by atoms with Crippen molar-refractivity contribution in [3.63, 3.8) is 0 Å². The fourth-order valence-corrected chi connectivity index (χ4v) is 3.51. The van der Waals surface area contributed by atoms with Crippen LogP contribution in [0.15, 0.2) is 24.3 Å². The van der Waals surface area contributed by atoms with E-state index >= 15 is 0 Å². The molecule has 0 N–H and O–H groups in total. The van der Waals surface area contributed by atoms with Crippen molar-refractivity contribution >= 4 is 27.5 Å². The van der Waals surface area contributed by atoms with E-state index in [4.69, 9.17) is 11.6 Å². The Hall–Kier alpha value is -0.0100. The van der Waals surface area contributed by atoms with Crippen LogP contribution < -0.4 is 0 Å². The zero-order chi connectivity index (χ0) is 14.6. The van der Waals surface area contributed by atoms with Gasteiger partial charge in [-0.1, -0.05) is 98.0 Å². The molecule has 1 aromatic carbocycles. The average Bonchev–Trinajstić information content (AvgIpc) is 2.46. The maximum Gasteiger partial charge on any atom is 0.0408 e. The molecule has 0 saturated carbocycles. The van der Waals surface area contributed by atoms with Gasteiger partial charge in [-0.05, 0) is 30.0 Å². The molecule has 1 atom stereocenters. The number of alkyl halides is 1. The van der Waals surface area contributed by atoms with Gasteiger partial charge in [0.2, 0.25) is 0 Å². The lowest BCUT2D eigenvalue weighted by Gasteiger charge is -2.14. The normalized spacial score (nSPS) is 12.6.